The number of pyridine rings is 1. The summed E-state index contributed by atoms with van der Waals surface area (Å²) in [5.74, 6) is 4.18. The summed E-state index contributed by atoms with van der Waals surface area (Å²) in [7, 11) is 1.74. The lowest BCUT2D eigenvalue weighted by Crippen LogP contribution is -2.36. The summed E-state index contributed by atoms with van der Waals surface area (Å²) in [6.45, 7) is 0. The number of carbonyl (C=O) groups is 1. The maximum absolute atomic E-state index is 10.9. The highest BCUT2D eigenvalue weighted by molar-refractivity contribution is 5.85. The van der Waals surface area contributed by atoms with E-state index in [1.807, 2.05) is 6.07 Å². The molecular weight excluding hydrogens is 144 g/mol. The van der Waals surface area contributed by atoms with Gasteiger partial charge in [-0.25, -0.2) is 4.79 Å². The van der Waals surface area contributed by atoms with Gasteiger partial charge in [-0.05, 0) is 6.07 Å². The Morgan fingerprint density at radius 2 is 2.36 bits per heavy atom. The molecule has 11 heavy (non-hydrogen) atoms. The second kappa shape index (κ2) is 3.12. The maximum Gasteiger partial charge on any atom is 0.422 e. The van der Waals surface area contributed by atoms with Crippen LogP contribution in [-0.4, -0.2) is 5.97 Å². The Balaban J connectivity index is 3.03. The van der Waals surface area contributed by atoms with Gasteiger partial charge in [0.15, 0.2) is 6.20 Å². The number of hydrogen-bond donors (Lipinski definition) is 1. The van der Waals surface area contributed by atoms with Crippen LogP contribution in [0.5, 0.6) is 0 Å². The SMILES string of the molecule is C[n+]1ccccc1C(=O)ON. The summed E-state index contributed by atoms with van der Waals surface area (Å²) in [5, 5.41) is 0. The van der Waals surface area contributed by atoms with Crippen molar-refractivity contribution in [1.29, 1.82) is 0 Å². The topological polar surface area (TPSA) is 56.2 Å². The molecule has 0 saturated carbocycles. The number of nitrogens with zero attached hydrogens (tertiary/aromatic N) is 1. The van der Waals surface area contributed by atoms with Gasteiger partial charge in [-0.3, -0.25) is 0 Å². The van der Waals surface area contributed by atoms with Crippen molar-refractivity contribution in [3.05, 3.63) is 30.1 Å². The average Bonchev–Trinajstić information content (AvgIpc) is 2.04. The minimum absolute atomic E-state index is 0.426. The first kappa shape index (κ1) is 7.68. The second-order valence-electron chi connectivity index (χ2n) is 2.10. The van der Waals surface area contributed by atoms with E-state index < -0.39 is 5.97 Å². The Kier molecular flexibility index (Phi) is 2.18. The molecule has 2 N–H and O–H groups in total. The zero-order chi connectivity index (χ0) is 8.27. The van der Waals surface area contributed by atoms with Crippen LogP contribution in [0.4, 0.5) is 0 Å². The second-order valence-corrected chi connectivity index (χ2v) is 2.10. The van der Waals surface area contributed by atoms with Crippen molar-refractivity contribution in [2.45, 2.75) is 0 Å². The molecule has 1 rings (SSSR count). The molecule has 0 unspecified atom stereocenters. The van der Waals surface area contributed by atoms with E-state index >= 15 is 0 Å². The summed E-state index contributed by atoms with van der Waals surface area (Å²) >= 11 is 0. The third kappa shape index (κ3) is 1.53. The molecule has 0 aliphatic carbocycles. The first-order chi connectivity index (χ1) is 5.25. The van der Waals surface area contributed by atoms with E-state index in [2.05, 4.69) is 4.84 Å². The van der Waals surface area contributed by atoms with E-state index in [9.17, 15) is 4.79 Å². The van der Waals surface area contributed by atoms with Gasteiger partial charge in [-0.2, -0.15) is 10.5 Å². The van der Waals surface area contributed by atoms with Crippen LogP contribution in [0.15, 0.2) is 24.4 Å². The Morgan fingerprint density at radius 1 is 1.64 bits per heavy atom. The molecule has 0 amide bonds. The third-order valence-electron chi connectivity index (χ3n) is 1.37. The van der Waals surface area contributed by atoms with Crippen molar-refractivity contribution < 1.29 is 14.2 Å². The average molecular weight is 153 g/mol. The fraction of sp³-hybridized carbons (Fsp3) is 0.143. The molecule has 1 aromatic heterocycles. The number of carbonyl (C=O) groups excluding carboxylic acids is 1. The molecule has 0 aromatic carbocycles. The standard InChI is InChI=1S/C7H9N2O2/c1-9-5-3-2-4-6(9)7(10)11-8/h2-5H,8H2,1H3/q+1. The minimum Gasteiger partial charge on any atom is -0.365 e. The molecular formula is C7H9N2O2+. The lowest BCUT2D eigenvalue weighted by Gasteiger charge is -1.94. The fourth-order valence-electron chi connectivity index (χ4n) is 0.796. The van der Waals surface area contributed by atoms with Gasteiger partial charge >= 0.3 is 5.97 Å². The highest BCUT2D eigenvalue weighted by Crippen LogP contribution is 1.90. The lowest BCUT2D eigenvalue weighted by atomic mass is 10.3. The van der Waals surface area contributed by atoms with Gasteiger partial charge in [0, 0.05) is 12.1 Å². The van der Waals surface area contributed by atoms with Crippen LogP contribution in [-0.2, 0) is 11.9 Å². The van der Waals surface area contributed by atoms with Gasteiger partial charge in [0.25, 0.3) is 5.69 Å². The predicted octanol–water partition coefficient (Wildman–Crippen LogP) is -0.458. The van der Waals surface area contributed by atoms with Gasteiger partial charge in [-0.1, -0.05) is 0 Å². The number of aryl methyl sites for hydroxylation is 1. The zero-order valence-corrected chi connectivity index (χ0v) is 6.15. The molecule has 0 aliphatic heterocycles. The van der Waals surface area contributed by atoms with Crippen LogP contribution in [0.1, 0.15) is 10.5 Å². The Bertz CT molecular complexity index is 273. The monoisotopic (exact) mass is 153 g/mol. The van der Waals surface area contributed by atoms with E-state index in [0.717, 1.165) is 0 Å². The summed E-state index contributed by atoms with van der Waals surface area (Å²) in [6, 6.07) is 5.19. The normalized spacial score (nSPS) is 9.27. The first-order valence-corrected chi connectivity index (χ1v) is 3.11. The fourth-order valence-corrected chi connectivity index (χ4v) is 0.796. The third-order valence-corrected chi connectivity index (χ3v) is 1.37. The van der Waals surface area contributed by atoms with Gasteiger partial charge in [0.1, 0.15) is 7.05 Å². The van der Waals surface area contributed by atoms with E-state index in [1.165, 1.54) is 0 Å². The Labute approximate surface area is 64.2 Å². The Morgan fingerprint density at radius 3 is 2.91 bits per heavy atom. The highest BCUT2D eigenvalue weighted by atomic mass is 16.7. The van der Waals surface area contributed by atoms with E-state index in [1.54, 1.807) is 29.9 Å². The molecule has 1 heterocycles. The van der Waals surface area contributed by atoms with E-state index in [-0.39, 0.29) is 0 Å². The predicted molar refractivity (Wildman–Crippen MR) is 37.2 cm³/mol. The van der Waals surface area contributed by atoms with E-state index in [0.29, 0.717) is 5.69 Å². The number of hydrogen-bond acceptors (Lipinski definition) is 3. The number of aromatic nitrogens is 1. The van der Waals surface area contributed by atoms with Crippen LogP contribution >= 0.6 is 0 Å². The van der Waals surface area contributed by atoms with Crippen molar-refractivity contribution in [2.75, 3.05) is 0 Å². The van der Waals surface area contributed by atoms with Crippen molar-refractivity contribution in [2.24, 2.45) is 12.9 Å². The number of nitrogens with two attached hydrogens (primary N) is 1. The first-order valence-electron chi connectivity index (χ1n) is 3.11. The summed E-state index contributed by atoms with van der Waals surface area (Å²) in [6.07, 6.45) is 1.74. The smallest absolute Gasteiger partial charge is 0.365 e. The summed E-state index contributed by atoms with van der Waals surface area (Å²) in [5.41, 5.74) is 0.426. The van der Waals surface area contributed by atoms with Crippen LogP contribution in [0.25, 0.3) is 0 Å². The summed E-state index contributed by atoms with van der Waals surface area (Å²) in [4.78, 5) is 14.9. The molecule has 58 valence electrons. The van der Waals surface area contributed by atoms with Gasteiger partial charge in [0.05, 0.1) is 0 Å². The largest absolute Gasteiger partial charge is 0.422 e. The van der Waals surface area contributed by atoms with Crippen molar-refractivity contribution in [3.8, 4) is 0 Å². The van der Waals surface area contributed by atoms with Gasteiger partial charge in [-0.15, -0.1) is 0 Å². The molecule has 0 aliphatic rings. The summed E-state index contributed by atoms with van der Waals surface area (Å²) < 4.78 is 1.63. The molecule has 0 fully saturated rings. The molecule has 0 radical (unpaired) electrons. The minimum atomic E-state index is -0.534. The van der Waals surface area contributed by atoms with Crippen LogP contribution < -0.4 is 10.5 Å². The molecule has 0 atom stereocenters. The highest BCUT2D eigenvalue weighted by Gasteiger charge is 2.15. The van der Waals surface area contributed by atoms with Crippen LogP contribution in [0, 0.1) is 0 Å². The van der Waals surface area contributed by atoms with Crippen LogP contribution in [0.3, 0.4) is 0 Å². The van der Waals surface area contributed by atoms with Gasteiger partial charge < -0.3 is 4.84 Å². The molecule has 4 heteroatoms. The zero-order valence-electron chi connectivity index (χ0n) is 6.15. The van der Waals surface area contributed by atoms with E-state index in [4.69, 9.17) is 5.90 Å². The lowest BCUT2D eigenvalue weighted by molar-refractivity contribution is -0.674. The maximum atomic E-state index is 10.9. The quantitative estimate of drug-likeness (QED) is 0.439. The molecule has 1 aromatic rings. The van der Waals surface area contributed by atoms with Gasteiger partial charge in [0.2, 0.25) is 0 Å². The molecule has 0 saturated heterocycles. The van der Waals surface area contributed by atoms with Crippen molar-refractivity contribution in [1.82, 2.24) is 0 Å². The molecule has 0 bridgehead atoms. The molecule has 4 nitrogen and oxygen atoms in total. The Hall–Kier alpha value is -1.42. The van der Waals surface area contributed by atoms with Crippen molar-refractivity contribution >= 4 is 5.97 Å². The molecule has 0 spiro atoms. The van der Waals surface area contributed by atoms with Crippen molar-refractivity contribution in [3.63, 3.8) is 0 Å². The van der Waals surface area contributed by atoms with Crippen LogP contribution in [0.2, 0.25) is 0 Å². The number of rotatable bonds is 1.